The first-order valence-electron chi connectivity index (χ1n) is 7.32. The fourth-order valence-corrected chi connectivity index (χ4v) is 2.39. The van der Waals surface area contributed by atoms with E-state index in [1.54, 1.807) is 12.1 Å². The van der Waals surface area contributed by atoms with E-state index in [9.17, 15) is 10.2 Å². The van der Waals surface area contributed by atoms with Crippen LogP contribution in [0.4, 0.5) is 0 Å². The Hall–Kier alpha value is -2.04. The Bertz CT molecular complexity index is 667. The Labute approximate surface area is 124 Å². The van der Waals surface area contributed by atoms with Crippen molar-refractivity contribution in [3.63, 3.8) is 0 Å². The van der Waals surface area contributed by atoms with Gasteiger partial charge in [-0.1, -0.05) is 6.07 Å². The van der Waals surface area contributed by atoms with Crippen LogP contribution >= 0.6 is 0 Å². The van der Waals surface area contributed by atoms with Crippen LogP contribution in [0.25, 0.3) is 0 Å². The molecule has 2 N–H and O–H groups in total. The molecule has 1 aromatic heterocycles. The van der Waals surface area contributed by atoms with Gasteiger partial charge in [0.25, 0.3) is 0 Å². The molecule has 1 aliphatic carbocycles. The molecule has 0 bridgehead atoms. The standard InChI is InChI=1S/C16H21N3O2/c1-16(2,3)19-14(17-15(18-19)11-5-6-11)9-10-4-7-12(20)13(21)8-10/h4,7-8,11,20-21H,5-6,9H2,1-3H3. The lowest BCUT2D eigenvalue weighted by Crippen LogP contribution is -2.25. The molecule has 5 nitrogen and oxygen atoms in total. The van der Waals surface area contributed by atoms with Crippen LogP contribution in [0.5, 0.6) is 11.5 Å². The summed E-state index contributed by atoms with van der Waals surface area (Å²) >= 11 is 0. The number of aromatic nitrogens is 3. The van der Waals surface area contributed by atoms with E-state index in [4.69, 9.17) is 4.98 Å². The van der Waals surface area contributed by atoms with E-state index in [0.29, 0.717) is 12.3 Å². The second kappa shape index (κ2) is 4.76. The van der Waals surface area contributed by atoms with E-state index in [-0.39, 0.29) is 17.0 Å². The van der Waals surface area contributed by atoms with E-state index >= 15 is 0 Å². The van der Waals surface area contributed by atoms with Crippen molar-refractivity contribution >= 4 is 0 Å². The third kappa shape index (κ3) is 2.86. The number of benzene rings is 1. The number of rotatable bonds is 3. The highest BCUT2D eigenvalue weighted by Crippen LogP contribution is 2.39. The van der Waals surface area contributed by atoms with E-state index in [2.05, 4.69) is 25.9 Å². The molecule has 0 aliphatic heterocycles. The summed E-state index contributed by atoms with van der Waals surface area (Å²) in [6.45, 7) is 6.32. The lowest BCUT2D eigenvalue weighted by atomic mass is 10.1. The van der Waals surface area contributed by atoms with Crippen LogP contribution in [0, 0.1) is 0 Å². The van der Waals surface area contributed by atoms with Crippen molar-refractivity contribution in [3.05, 3.63) is 35.4 Å². The van der Waals surface area contributed by atoms with E-state index in [0.717, 1.165) is 17.2 Å². The topological polar surface area (TPSA) is 71.2 Å². The summed E-state index contributed by atoms with van der Waals surface area (Å²) in [5, 5.41) is 23.7. The van der Waals surface area contributed by atoms with Crippen LogP contribution < -0.4 is 0 Å². The minimum absolute atomic E-state index is 0.100. The van der Waals surface area contributed by atoms with Gasteiger partial charge in [0.1, 0.15) is 5.82 Å². The maximum Gasteiger partial charge on any atom is 0.157 e. The number of nitrogens with zero attached hydrogens (tertiary/aromatic N) is 3. The van der Waals surface area contributed by atoms with Gasteiger partial charge in [-0.15, -0.1) is 0 Å². The zero-order valence-corrected chi connectivity index (χ0v) is 12.7. The Balaban J connectivity index is 1.94. The molecular formula is C16H21N3O2. The summed E-state index contributed by atoms with van der Waals surface area (Å²) in [5.74, 6) is 2.14. The van der Waals surface area contributed by atoms with Gasteiger partial charge >= 0.3 is 0 Å². The average Bonchev–Trinajstić information content (AvgIpc) is 3.14. The molecule has 112 valence electrons. The fraction of sp³-hybridized carbons (Fsp3) is 0.500. The van der Waals surface area contributed by atoms with Gasteiger partial charge in [-0.25, -0.2) is 9.67 Å². The maximum atomic E-state index is 9.62. The Morgan fingerprint density at radius 3 is 2.48 bits per heavy atom. The van der Waals surface area contributed by atoms with Crippen LogP contribution in [0.2, 0.25) is 0 Å². The predicted octanol–water partition coefficient (Wildman–Crippen LogP) is 2.91. The second-order valence-electron chi connectivity index (χ2n) is 6.74. The summed E-state index contributed by atoms with van der Waals surface area (Å²) < 4.78 is 1.98. The molecule has 0 saturated heterocycles. The predicted molar refractivity (Wildman–Crippen MR) is 79.6 cm³/mol. The summed E-state index contributed by atoms with van der Waals surface area (Å²) in [6, 6.07) is 4.88. The van der Waals surface area contributed by atoms with Crippen molar-refractivity contribution in [3.8, 4) is 11.5 Å². The highest BCUT2D eigenvalue weighted by molar-refractivity contribution is 5.41. The largest absolute Gasteiger partial charge is 0.504 e. The van der Waals surface area contributed by atoms with Gasteiger partial charge in [0, 0.05) is 12.3 Å². The molecule has 1 heterocycles. The second-order valence-corrected chi connectivity index (χ2v) is 6.74. The van der Waals surface area contributed by atoms with Gasteiger partial charge in [-0.2, -0.15) is 5.10 Å². The SMILES string of the molecule is CC(C)(C)n1nc(C2CC2)nc1Cc1ccc(O)c(O)c1. The van der Waals surface area contributed by atoms with Gasteiger partial charge in [-0.3, -0.25) is 0 Å². The molecule has 0 spiro atoms. The molecule has 3 rings (SSSR count). The normalized spacial score (nSPS) is 15.4. The molecule has 21 heavy (non-hydrogen) atoms. The molecule has 0 unspecified atom stereocenters. The van der Waals surface area contributed by atoms with Crippen LogP contribution in [-0.2, 0) is 12.0 Å². The van der Waals surface area contributed by atoms with Gasteiger partial charge in [0.05, 0.1) is 5.54 Å². The monoisotopic (exact) mass is 287 g/mol. The van der Waals surface area contributed by atoms with Crippen molar-refractivity contribution in [2.24, 2.45) is 0 Å². The molecule has 0 amide bonds. The van der Waals surface area contributed by atoms with Crippen molar-refractivity contribution < 1.29 is 10.2 Å². The van der Waals surface area contributed by atoms with Gasteiger partial charge in [-0.05, 0) is 51.3 Å². The average molecular weight is 287 g/mol. The lowest BCUT2D eigenvalue weighted by molar-refractivity contribution is 0.341. The van der Waals surface area contributed by atoms with Crippen LogP contribution in [0.3, 0.4) is 0 Å². The summed E-state index contributed by atoms with van der Waals surface area (Å²) in [5.41, 5.74) is 0.777. The van der Waals surface area contributed by atoms with E-state index < -0.39 is 0 Å². The molecule has 1 saturated carbocycles. The molecular weight excluding hydrogens is 266 g/mol. The first-order chi connectivity index (χ1) is 9.84. The van der Waals surface area contributed by atoms with E-state index in [1.165, 1.54) is 18.9 Å². The van der Waals surface area contributed by atoms with Crippen LogP contribution in [0.1, 0.15) is 56.7 Å². The van der Waals surface area contributed by atoms with Crippen molar-refractivity contribution in [2.45, 2.75) is 51.5 Å². The molecule has 1 aliphatic rings. The molecule has 1 aromatic carbocycles. The van der Waals surface area contributed by atoms with Crippen molar-refractivity contribution in [1.29, 1.82) is 0 Å². The molecule has 1 fully saturated rings. The zero-order chi connectivity index (χ0) is 15.2. The third-order valence-corrected chi connectivity index (χ3v) is 3.67. The Morgan fingerprint density at radius 2 is 1.90 bits per heavy atom. The highest BCUT2D eigenvalue weighted by atomic mass is 16.3. The zero-order valence-electron chi connectivity index (χ0n) is 12.7. The molecule has 5 heteroatoms. The molecule has 0 radical (unpaired) electrons. The Morgan fingerprint density at radius 1 is 1.19 bits per heavy atom. The maximum absolute atomic E-state index is 9.62. The summed E-state index contributed by atoms with van der Waals surface area (Å²) in [6.07, 6.45) is 2.94. The minimum atomic E-state index is -0.131. The summed E-state index contributed by atoms with van der Waals surface area (Å²) in [7, 11) is 0. The smallest absolute Gasteiger partial charge is 0.157 e. The minimum Gasteiger partial charge on any atom is -0.504 e. The van der Waals surface area contributed by atoms with Gasteiger partial charge in [0.2, 0.25) is 0 Å². The molecule has 0 atom stereocenters. The third-order valence-electron chi connectivity index (χ3n) is 3.67. The van der Waals surface area contributed by atoms with Crippen LogP contribution in [-0.4, -0.2) is 25.0 Å². The lowest BCUT2D eigenvalue weighted by Gasteiger charge is -2.21. The van der Waals surface area contributed by atoms with Crippen LogP contribution in [0.15, 0.2) is 18.2 Å². The summed E-state index contributed by atoms with van der Waals surface area (Å²) in [4.78, 5) is 4.69. The van der Waals surface area contributed by atoms with Gasteiger partial charge in [0.15, 0.2) is 17.3 Å². The van der Waals surface area contributed by atoms with E-state index in [1.807, 2.05) is 4.68 Å². The van der Waals surface area contributed by atoms with Crippen molar-refractivity contribution in [1.82, 2.24) is 14.8 Å². The number of hydrogen-bond donors (Lipinski definition) is 2. The first kappa shape index (κ1) is 13.9. The number of aromatic hydroxyl groups is 2. The number of hydrogen-bond acceptors (Lipinski definition) is 4. The van der Waals surface area contributed by atoms with Crippen molar-refractivity contribution in [2.75, 3.05) is 0 Å². The highest BCUT2D eigenvalue weighted by Gasteiger charge is 2.31. The van der Waals surface area contributed by atoms with Gasteiger partial charge < -0.3 is 10.2 Å². The number of phenolic OH excluding ortho intramolecular Hbond substituents is 2. The quantitative estimate of drug-likeness (QED) is 0.851. The fourth-order valence-electron chi connectivity index (χ4n) is 2.39. The first-order valence-corrected chi connectivity index (χ1v) is 7.32. The molecule has 2 aromatic rings. The Kier molecular flexibility index (Phi) is 3.15. The number of phenols is 2.